The van der Waals surface area contributed by atoms with E-state index in [-0.39, 0.29) is 0 Å². The molecule has 1 aliphatic heterocycles. The van der Waals surface area contributed by atoms with Gasteiger partial charge >= 0.3 is 5.97 Å². The molecule has 4 N–H and O–H groups in total. The van der Waals surface area contributed by atoms with Crippen molar-refractivity contribution >= 4 is 17.3 Å². The van der Waals surface area contributed by atoms with Gasteiger partial charge in [-0.05, 0) is 68.5 Å². The number of rotatable bonds is 6. The molecule has 0 spiro atoms. The number of aliphatic carboxylic acids is 1. The second-order valence-electron chi connectivity index (χ2n) is 10.1. The normalized spacial score (nSPS) is 12.9. The molecule has 0 atom stereocenters. The molecule has 0 bridgehead atoms. The average Bonchev–Trinajstić information content (AvgIpc) is 3.11. The van der Waals surface area contributed by atoms with Crippen molar-refractivity contribution in [3.8, 4) is 5.75 Å². The van der Waals surface area contributed by atoms with Gasteiger partial charge in [0.1, 0.15) is 12.4 Å². The number of hydrogen-bond acceptors (Lipinski definition) is 5. The topological polar surface area (TPSA) is 87.8 Å². The highest BCUT2D eigenvalue weighted by atomic mass is 16.5. The molecule has 1 heterocycles. The van der Waals surface area contributed by atoms with Crippen molar-refractivity contribution in [1.29, 1.82) is 0 Å². The van der Waals surface area contributed by atoms with Gasteiger partial charge in [-0.25, -0.2) is 0 Å². The zero-order valence-corrected chi connectivity index (χ0v) is 24.1. The van der Waals surface area contributed by atoms with E-state index in [1.807, 2.05) is 70.3 Å². The van der Waals surface area contributed by atoms with Crippen LogP contribution in [0.3, 0.4) is 0 Å². The summed E-state index contributed by atoms with van der Waals surface area (Å²) in [6, 6.07) is 20.5. The Kier molecular flexibility index (Phi) is 11.7. The monoisotopic (exact) mass is 519 g/mol. The Morgan fingerprint density at radius 3 is 2.42 bits per heavy atom. The molecule has 38 heavy (non-hydrogen) atoms. The summed E-state index contributed by atoms with van der Waals surface area (Å²) >= 11 is 0. The quantitative estimate of drug-likeness (QED) is 0.315. The summed E-state index contributed by atoms with van der Waals surface area (Å²) in [6.07, 6.45) is 0.529. The number of fused-ring (bicyclic) bond motifs is 1. The Bertz CT molecular complexity index is 1190. The van der Waals surface area contributed by atoms with E-state index in [2.05, 4.69) is 35.3 Å². The number of hydrogen-bond donors (Lipinski definition) is 3. The lowest BCUT2D eigenvalue weighted by molar-refractivity contribution is -0.146. The van der Waals surface area contributed by atoms with E-state index in [0.717, 1.165) is 47.9 Å². The van der Waals surface area contributed by atoms with Crippen molar-refractivity contribution in [2.24, 2.45) is 5.41 Å². The molecule has 6 nitrogen and oxygen atoms in total. The van der Waals surface area contributed by atoms with Gasteiger partial charge < -0.3 is 20.9 Å². The van der Waals surface area contributed by atoms with Crippen LogP contribution in [0.25, 0.3) is 0 Å². The molecule has 0 amide bonds. The summed E-state index contributed by atoms with van der Waals surface area (Å²) in [4.78, 5) is 13.8. The number of aryl methyl sites for hydroxylation is 2. The summed E-state index contributed by atoms with van der Waals surface area (Å²) in [5.41, 5.74) is 12.7. The van der Waals surface area contributed by atoms with E-state index in [1.165, 1.54) is 16.7 Å². The van der Waals surface area contributed by atoms with E-state index in [1.54, 1.807) is 13.8 Å². The summed E-state index contributed by atoms with van der Waals surface area (Å²) in [6.45, 7) is 14.9. The average molecular weight is 520 g/mol. The van der Waals surface area contributed by atoms with Crippen LogP contribution in [0, 0.1) is 19.3 Å². The highest BCUT2D eigenvalue weighted by Gasteiger charge is 2.27. The maximum Gasteiger partial charge on any atom is 0.309 e. The smallest absolute Gasteiger partial charge is 0.309 e. The number of ether oxygens (including phenoxy) is 1. The highest BCUT2D eigenvalue weighted by Crippen LogP contribution is 2.26. The van der Waals surface area contributed by atoms with Gasteiger partial charge in [0.15, 0.2) is 0 Å². The summed E-state index contributed by atoms with van der Waals surface area (Å²) in [7, 11) is 1.87. The van der Waals surface area contributed by atoms with E-state index in [4.69, 9.17) is 10.5 Å². The van der Waals surface area contributed by atoms with Gasteiger partial charge in [-0.2, -0.15) is 0 Å². The van der Waals surface area contributed by atoms with Crippen LogP contribution in [-0.4, -0.2) is 36.2 Å². The fraction of sp³-hybridized carbons (Fsp3) is 0.406. The second kappa shape index (κ2) is 14.4. The molecule has 1 aliphatic rings. The number of benzene rings is 3. The standard InChI is InChI=1S/C22H27NO3.C8H12N2.C2H6/c1-16-8-9-17(13-22(2,3)21(24)25)12-19(16)15-23-10-11-26-20-7-5-4-6-18(20)14-23;1-6-4-3-5-7(10-2)8(6)9;1-2/h4-9,12H,10-11,13-15H2,1-3H3,(H,24,25);3-5,10H,9H2,1-2H3;1-2H3. The number of para-hydroxylation sites is 2. The lowest BCUT2D eigenvalue weighted by Gasteiger charge is -2.23. The summed E-state index contributed by atoms with van der Waals surface area (Å²) < 4.78 is 5.86. The van der Waals surface area contributed by atoms with Crippen LogP contribution in [0.2, 0.25) is 0 Å². The van der Waals surface area contributed by atoms with Crippen molar-refractivity contribution in [2.75, 3.05) is 31.2 Å². The number of nitrogens with zero attached hydrogens (tertiary/aromatic N) is 1. The van der Waals surface area contributed by atoms with Gasteiger partial charge in [0.25, 0.3) is 0 Å². The largest absolute Gasteiger partial charge is 0.492 e. The van der Waals surface area contributed by atoms with Gasteiger partial charge in [-0.3, -0.25) is 9.69 Å². The molecule has 0 aliphatic carbocycles. The Labute approximate surface area is 228 Å². The highest BCUT2D eigenvalue weighted by molar-refractivity contribution is 5.74. The number of nitrogen functional groups attached to an aromatic ring is 1. The molecule has 4 rings (SSSR count). The summed E-state index contributed by atoms with van der Waals surface area (Å²) in [5.74, 6) is 0.213. The minimum atomic E-state index is -0.763. The molecule has 0 aromatic heterocycles. The van der Waals surface area contributed by atoms with Gasteiger partial charge in [0.2, 0.25) is 0 Å². The fourth-order valence-electron chi connectivity index (χ4n) is 4.25. The first-order chi connectivity index (χ1) is 18.1. The molecule has 0 unspecified atom stereocenters. The number of nitrogens with two attached hydrogens (primary N) is 1. The maximum atomic E-state index is 11.4. The predicted octanol–water partition coefficient (Wildman–Crippen LogP) is 6.69. The SMILES string of the molecule is CC.CNc1cccc(C)c1N.Cc1ccc(CC(C)(C)C(=O)O)cc1CN1CCOc2ccccc2C1. The molecule has 3 aromatic rings. The third-order valence-electron chi connectivity index (χ3n) is 6.66. The van der Waals surface area contributed by atoms with Crippen LogP contribution < -0.4 is 15.8 Å². The number of carboxylic acids is 1. The Balaban J connectivity index is 0.000000353. The van der Waals surface area contributed by atoms with Crippen molar-refractivity contribution in [3.05, 3.63) is 88.5 Å². The van der Waals surface area contributed by atoms with Crippen LogP contribution in [-0.2, 0) is 24.3 Å². The van der Waals surface area contributed by atoms with Gasteiger partial charge in [-0.1, -0.05) is 62.4 Å². The molecule has 6 heteroatoms. The number of nitrogens with one attached hydrogen (secondary N) is 1. The lowest BCUT2D eigenvalue weighted by Crippen LogP contribution is -2.27. The minimum absolute atomic E-state index is 0.529. The van der Waals surface area contributed by atoms with Crippen LogP contribution in [0.5, 0.6) is 5.75 Å². The van der Waals surface area contributed by atoms with Gasteiger partial charge in [-0.15, -0.1) is 0 Å². The third kappa shape index (κ3) is 8.52. The van der Waals surface area contributed by atoms with Crippen molar-refractivity contribution < 1.29 is 14.6 Å². The first kappa shape index (κ1) is 30.7. The summed E-state index contributed by atoms with van der Waals surface area (Å²) in [5, 5.41) is 12.4. The molecule has 0 fully saturated rings. The Hall–Kier alpha value is -3.51. The van der Waals surface area contributed by atoms with Gasteiger partial charge in [0.05, 0.1) is 16.8 Å². The molecule has 206 valence electrons. The van der Waals surface area contributed by atoms with E-state index < -0.39 is 11.4 Å². The molecular weight excluding hydrogens is 474 g/mol. The van der Waals surface area contributed by atoms with Crippen LogP contribution in [0.15, 0.2) is 60.7 Å². The van der Waals surface area contributed by atoms with Crippen molar-refractivity contribution in [3.63, 3.8) is 0 Å². The predicted molar refractivity (Wildman–Crippen MR) is 159 cm³/mol. The Morgan fingerprint density at radius 2 is 1.76 bits per heavy atom. The van der Waals surface area contributed by atoms with Crippen molar-refractivity contribution in [1.82, 2.24) is 4.90 Å². The molecule has 3 aromatic carbocycles. The number of carbonyl (C=O) groups is 1. The fourth-order valence-corrected chi connectivity index (χ4v) is 4.25. The van der Waals surface area contributed by atoms with Crippen molar-refractivity contribution in [2.45, 2.75) is 61.1 Å². The first-order valence-electron chi connectivity index (χ1n) is 13.4. The van der Waals surface area contributed by atoms with Crippen LogP contribution in [0.1, 0.15) is 55.5 Å². The maximum absolute atomic E-state index is 11.4. The molecule has 0 radical (unpaired) electrons. The van der Waals surface area contributed by atoms with E-state index in [0.29, 0.717) is 13.0 Å². The van der Waals surface area contributed by atoms with E-state index in [9.17, 15) is 9.90 Å². The second-order valence-corrected chi connectivity index (χ2v) is 10.1. The minimum Gasteiger partial charge on any atom is -0.492 e. The first-order valence-corrected chi connectivity index (χ1v) is 13.4. The zero-order chi connectivity index (χ0) is 28.3. The lowest BCUT2D eigenvalue weighted by atomic mass is 9.85. The van der Waals surface area contributed by atoms with Crippen LogP contribution >= 0.6 is 0 Å². The van der Waals surface area contributed by atoms with Crippen LogP contribution in [0.4, 0.5) is 11.4 Å². The molecule has 0 saturated heterocycles. The number of anilines is 2. The van der Waals surface area contributed by atoms with E-state index >= 15 is 0 Å². The molecule has 0 saturated carbocycles. The Morgan fingerprint density at radius 1 is 1.05 bits per heavy atom. The molecular formula is C32H45N3O3. The van der Waals surface area contributed by atoms with Gasteiger partial charge in [0, 0.05) is 32.2 Å². The number of carboxylic acid groups (broad SMARTS) is 1. The zero-order valence-electron chi connectivity index (χ0n) is 24.1. The third-order valence-corrected chi connectivity index (χ3v) is 6.66.